The summed E-state index contributed by atoms with van der Waals surface area (Å²) in [6, 6.07) is 0. The molecule has 3 nitrogen and oxygen atoms in total. The van der Waals surface area contributed by atoms with Gasteiger partial charge in [0.05, 0.1) is 0 Å². The number of hydrogen-bond acceptors (Lipinski definition) is 3. The van der Waals surface area contributed by atoms with Gasteiger partial charge in [-0.2, -0.15) is 9.42 Å². The zero-order valence-corrected chi connectivity index (χ0v) is 6.47. The van der Waals surface area contributed by atoms with E-state index in [4.69, 9.17) is 15.5 Å². The topological polar surface area (TPSA) is 38.7 Å². The molecule has 1 N–H and O–H groups in total. The Hall–Kier alpha value is -0.550. The molecule has 0 aromatic rings. The lowest BCUT2D eigenvalue weighted by atomic mass is 10.5. The van der Waals surface area contributed by atoms with Gasteiger partial charge in [0, 0.05) is 6.08 Å². The van der Waals surface area contributed by atoms with E-state index in [1.807, 2.05) is 0 Å². The summed E-state index contributed by atoms with van der Waals surface area (Å²) in [6.07, 6.45) is 6.64. The summed E-state index contributed by atoms with van der Waals surface area (Å²) < 4.78 is 9.76. The summed E-state index contributed by atoms with van der Waals surface area (Å²) in [5.74, 6) is 2.65. The molecule has 0 aromatic carbocycles. The maximum atomic E-state index is 9.21. The quantitative estimate of drug-likeness (QED) is 0.422. The van der Waals surface area contributed by atoms with Crippen LogP contribution < -0.4 is 0 Å². The summed E-state index contributed by atoms with van der Waals surface area (Å²) >= 11 is 0. The number of hydrogen-bond donors (Lipinski definition) is 1. The van der Waals surface area contributed by atoms with Crippen LogP contribution in [0.1, 0.15) is 0 Å². The van der Waals surface area contributed by atoms with Gasteiger partial charge in [0.15, 0.2) is 0 Å². The molecule has 1 atom stereocenters. The second kappa shape index (κ2) is 2.59. The molecule has 1 rings (SSSR count). The third-order valence-corrected chi connectivity index (χ3v) is 2.16. The molecular weight excluding hydrogens is 151 g/mol. The molecule has 1 aliphatic rings. The van der Waals surface area contributed by atoms with E-state index in [0.717, 1.165) is 0 Å². The van der Waals surface area contributed by atoms with Crippen LogP contribution in [0.15, 0.2) is 11.8 Å². The lowest BCUT2D eigenvalue weighted by molar-refractivity contribution is 0.218. The minimum absolute atomic E-state index is 0.334. The molecule has 1 aliphatic heterocycles. The first kappa shape index (κ1) is 7.56. The van der Waals surface area contributed by atoms with E-state index in [1.54, 1.807) is 6.08 Å². The molecule has 4 heteroatoms. The van der Waals surface area contributed by atoms with Crippen molar-refractivity contribution in [2.24, 2.45) is 0 Å². The SMILES string of the molecule is C#CC1=CCO[P+](C)(O)O1. The highest BCUT2D eigenvalue weighted by Crippen LogP contribution is 2.56. The van der Waals surface area contributed by atoms with E-state index in [-0.39, 0.29) is 0 Å². The lowest BCUT2D eigenvalue weighted by Crippen LogP contribution is -2.06. The molecule has 54 valence electrons. The first-order chi connectivity index (χ1) is 4.64. The Morgan fingerprint density at radius 1 is 1.90 bits per heavy atom. The van der Waals surface area contributed by atoms with Crippen molar-refractivity contribution in [3.63, 3.8) is 0 Å². The van der Waals surface area contributed by atoms with Gasteiger partial charge >= 0.3 is 7.94 Å². The van der Waals surface area contributed by atoms with Crippen LogP contribution >= 0.6 is 7.94 Å². The van der Waals surface area contributed by atoms with Crippen LogP contribution in [0.4, 0.5) is 0 Å². The Morgan fingerprint density at radius 3 is 3.00 bits per heavy atom. The second-order valence-electron chi connectivity index (χ2n) is 1.90. The zero-order valence-electron chi connectivity index (χ0n) is 5.57. The summed E-state index contributed by atoms with van der Waals surface area (Å²) in [7, 11) is -2.62. The maximum absolute atomic E-state index is 9.21. The molecule has 0 saturated carbocycles. The van der Waals surface area contributed by atoms with Crippen molar-refractivity contribution < 1.29 is 13.9 Å². The number of rotatable bonds is 0. The highest BCUT2D eigenvalue weighted by molar-refractivity contribution is 7.59. The molecule has 0 aliphatic carbocycles. The fourth-order valence-corrected chi connectivity index (χ4v) is 1.48. The molecule has 0 amide bonds. The van der Waals surface area contributed by atoms with Crippen molar-refractivity contribution in [3.05, 3.63) is 11.8 Å². The first-order valence-electron chi connectivity index (χ1n) is 2.74. The normalized spacial score (nSPS) is 31.9. The van der Waals surface area contributed by atoms with Gasteiger partial charge in [0.1, 0.15) is 13.3 Å². The van der Waals surface area contributed by atoms with Gasteiger partial charge in [0.25, 0.3) is 0 Å². The second-order valence-corrected chi connectivity index (χ2v) is 3.95. The molecule has 0 saturated heterocycles. The lowest BCUT2D eigenvalue weighted by Gasteiger charge is -2.15. The molecule has 10 heavy (non-hydrogen) atoms. The van der Waals surface area contributed by atoms with Crippen LogP contribution in [0.5, 0.6) is 0 Å². The van der Waals surface area contributed by atoms with Crippen molar-refractivity contribution >= 4 is 7.94 Å². The fourth-order valence-electron chi connectivity index (χ4n) is 0.583. The van der Waals surface area contributed by atoms with Crippen LogP contribution in [-0.4, -0.2) is 18.2 Å². The summed E-state index contributed by atoms with van der Waals surface area (Å²) in [5.41, 5.74) is 0. The van der Waals surface area contributed by atoms with Gasteiger partial charge in [-0.3, -0.25) is 4.52 Å². The maximum Gasteiger partial charge on any atom is 0.452 e. The average Bonchev–Trinajstić information content (AvgIpc) is 1.86. The third kappa shape index (κ3) is 1.71. The standard InChI is InChI=1S/C6H8O3P/c1-3-6-4-5-8-10(2,7)9-6/h1,4,7H,5H2,2H3/q+1. The van der Waals surface area contributed by atoms with Gasteiger partial charge in [0.2, 0.25) is 5.76 Å². The highest BCUT2D eigenvalue weighted by atomic mass is 31.2. The summed E-state index contributed by atoms with van der Waals surface area (Å²) in [4.78, 5) is 9.21. The predicted molar refractivity (Wildman–Crippen MR) is 39.0 cm³/mol. The minimum Gasteiger partial charge on any atom is -0.279 e. The molecule has 1 heterocycles. The zero-order chi connectivity index (χ0) is 7.61. The van der Waals surface area contributed by atoms with Crippen molar-refractivity contribution in [2.45, 2.75) is 0 Å². The van der Waals surface area contributed by atoms with Gasteiger partial charge < -0.3 is 0 Å². The van der Waals surface area contributed by atoms with Gasteiger partial charge in [-0.05, 0) is 5.92 Å². The number of allylic oxidation sites excluding steroid dienone is 1. The van der Waals surface area contributed by atoms with Crippen LogP contribution in [0.2, 0.25) is 0 Å². The first-order valence-corrected chi connectivity index (χ1v) is 4.77. The van der Waals surface area contributed by atoms with Crippen molar-refractivity contribution in [1.82, 2.24) is 0 Å². The Morgan fingerprint density at radius 2 is 2.60 bits per heavy atom. The van der Waals surface area contributed by atoms with Crippen molar-refractivity contribution in [3.8, 4) is 12.3 Å². The fraction of sp³-hybridized carbons (Fsp3) is 0.333. The van der Waals surface area contributed by atoms with E-state index >= 15 is 0 Å². The Kier molecular flexibility index (Phi) is 1.96. The van der Waals surface area contributed by atoms with E-state index in [9.17, 15) is 4.89 Å². The molecule has 0 fully saturated rings. The van der Waals surface area contributed by atoms with Crippen molar-refractivity contribution in [2.75, 3.05) is 13.3 Å². The Bertz CT molecular complexity index is 202. The predicted octanol–water partition coefficient (Wildman–Crippen LogP) is 0.935. The van der Waals surface area contributed by atoms with Crippen LogP contribution in [-0.2, 0) is 9.05 Å². The third-order valence-electron chi connectivity index (χ3n) is 0.993. The van der Waals surface area contributed by atoms with E-state index < -0.39 is 7.94 Å². The Balaban J connectivity index is 2.68. The molecule has 0 aromatic heterocycles. The Labute approximate surface area is 60.2 Å². The van der Waals surface area contributed by atoms with Crippen LogP contribution in [0.3, 0.4) is 0 Å². The highest BCUT2D eigenvalue weighted by Gasteiger charge is 2.38. The van der Waals surface area contributed by atoms with Gasteiger partial charge in [-0.25, -0.2) is 0 Å². The van der Waals surface area contributed by atoms with Crippen LogP contribution in [0.25, 0.3) is 0 Å². The average molecular weight is 159 g/mol. The molecule has 0 bridgehead atoms. The van der Waals surface area contributed by atoms with Crippen LogP contribution in [0, 0.1) is 12.3 Å². The van der Waals surface area contributed by atoms with E-state index in [2.05, 4.69) is 5.92 Å². The van der Waals surface area contributed by atoms with Gasteiger partial charge in [-0.1, -0.05) is 0 Å². The number of terminal acetylenes is 1. The monoisotopic (exact) mass is 159 g/mol. The molecule has 0 radical (unpaired) electrons. The van der Waals surface area contributed by atoms with Crippen molar-refractivity contribution in [1.29, 1.82) is 0 Å². The molecule has 0 spiro atoms. The van der Waals surface area contributed by atoms with E-state index in [0.29, 0.717) is 12.4 Å². The summed E-state index contributed by atoms with van der Waals surface area (Å²) in [6.45, 7) is 1.83. The largest absolute Gasteiger partial charge is 0.452 e. The molecular formula is C6H8O3P+. The molecule has 1 unspecified atom stereocenters. The van der Waals surface area contributed by atoms with Gasteiger partial charge in [-0.15, -0.1) is 6.42 Å². The van der Waals surface area contributed by atoms with E-state index in [1.165, 1.54) is 6.66 Å². The summed E-state index contributed by atoms with van der Waals surface area (Å²) in [5, 5.41) is 0. The smallest absolute Gasteiger partial charge is 0.279 e. The minimum atomic E-state index is -2.62.